The van der Waals surface area contributed by atoms with Gasteiger partial charge in [0.25, 0.3) is 5.91 Å². The minimum atomic E-state index is -0.141. The zero-order chi connectivity index (χ0) is 22.8. The lowest BCUT2D eigenvalue weighted by atomic mass is 10.1. The number of hydrogen-bond donors (Lipinski definition) is 1. The first-order valence-corrected chi connectivity index (χ1v) is 11.7. The summed E-state index contributed by atoms with van der Waals surface area (Å²) in [5, 5.41) is 5.13. The van der Waals surface area contributed by atoms with Crippen molar-refractivity contribution < 1.29 is 19.1 Å². The Morgan fingerprint density at radius 3 is 2.76 bits per heavy atom. The van der Waals surface area contributed by atoms with Gasteiger partial charge in [0.2, 0.25) is 12.7 Å². The van der Waals surface area contributed by atoms with E-state index < -0.39 is 0 Å². The molecule has 1 saturated heterocycles. The number of benzene rings is 3. The van der Waals surface area contributed by atoms with Crippen LogP contribution in [0.3, 0.4) is 0 Å². The number of amides is 2. The van der Waals surface area contributed by atoms with Gasteiger partial charge in [-0.3, -0.25) is 14.5 Å². The van der Waals surface area contributed by atoms with Crippen LogP contribution >= 0.6 is 24.0 Å². The van der Waals surface area contributed by atoms with E-state index in [1.807, 2.05) is 60.7 Å². The topological polar surface area (TPSA) is 67.9 Å². The fourth-order valence-corrected chi connectivity index (χ4v) is 5.04. The van der Waals surface area contributed by atoms with E-state index >= 15 is 0 Å². The number of fused-ring (bicyclic) bond motifs is 2. The molecule has 6 nitrogen and oxygen atoms in total. The number of rotatable bonds is 6. The molecule has 0 spiro atoms. The maximum atomic E-state index is 12.8. The van der Waals surface area contributed by atoms with Gasteiger partial charge in [-0.2, -0.15) is 0 Å². The summed E-state index contributed by atoms with van der Waals surface area (Å²) < 4.78 is 11.2. The van der Waals surface area contributed by atoms with Crippen LogP contribution in [0.1, 0.15) is 18.4 Å². The second-order valence-corrected chi connectivity index (χ2v) is 9.34. The number of carbonyl (C=O) groups excluding carboxylic acids is 2. The highest BCUT2D eigenvalue weighted by molar-refractivity contribution is 8.26. The van der Waals surface area contributed by atoms with E-state index in [1.165, 1.54) is 11.8 Å². The highest BCUT2D eigenvalue weighted by Gasteiger charge is 2.31. The molecule has 0 bridgehead atoms. The molecule has 3 aromatic rings. The van der Waals surface area contributed by atoms with Crippen LogP contribution in [0.4, 0.5) is 5.69 Å². The molecule has 2 aliphatic rings. The quantitative estimate of drug-likeness (QED) is 0.390. The first kappa shape index (κ1) is 21.5. The van der Waals surface area contributed by atoms with Gasteiger partial charge in [-0.15, -0.1) is 0 Å². The molecule has 0 saturated carbocycles. The zero-order valence-electron chi connectivity index (χ0n) is 17.6. The first-order valence-electron chi connectivity index (χ1n) is 10.5. The molecule has 2 heterocycles. The summed E-state index contributed by atoms with van der Waals surface area (Å²) in [7, 11) is 0. The molecule has 1 fully saturated rings. The molecule has 2 aliphatic heterocycles. The molecular weight excluding hydrogens is 456 g/mol. The summed E-state index contributed by atoms with van der Waals surface area (Å²) in [6.45, 7) is 0.601. The Morgan fingerprint density at radius 2 is 1.88 bits per heavy atom. The van der Waals surface area contributed by atoms with Crippen molar-refractivity contribution in [1.29, 1.82) is 0 Å². The molecule has 0 aromatic heterocycles. The van der Waals surface area contributed by atoms with Gasteiger partial charge in [-0.05, 0) is 53.1 Å². The SMILES string of the molecule is O=C(CCCN1C(=O)/C(=C/c2ccc3c(c2)OCO3)SC1=S)Nc1ccc2ccccc2c1. The number of carbonyl (C=O) groups is 2. The maximum absolute atomic E-state index is 12.8. The predicted octanol–water partition coefficient (Wildman–Crippen LogP) is 5.19. The van der Waals surface area contributed by atoms with E-state index in [4.69, 9.17) is 21.7 Å². The van der Waals surface area contributed by atoms with Crippen molar-refractivity contribution in [3.05, 3.63) is 71.1 Å². The number of thiocarbonyl (C=S) groups is 1. The van der Waals surface area contributed by atoms with Crippen molar-refractivity contribution in [2.45, 2.75) is 12.8 Å². The van der Waals surface area contributed by atoms with Gasteiger partial charge in [0.05, 0.1) is 4.91 Å². The Bertz CT molecular complexity index is 1300. The minimum absolute atomic E-state index is 0.0911. The van der Waals surface area contributed by atoms with E-state index in [-0.39, 0.29) is 18.6 Å². The number of hydrogen-bond acceptors (Lipinski definition) is 6. The van der Waals surface area contributed by atoms with E-state index in [1.54, 1.807) is 11.0 Å². The molecule has 8 heteroatoms. The van der Waals surface area contributed by atoms with Crippen LogP contribution in [0.2, 0.25) is 0 Å². The van der Waals surface area contributed by atoms with Crippen LogP contribution in [0, 0.1) is 0 Å². The molecule has 2 amide bonds. The number of anilines is 1. The number of nitrogens with zero attached hydrogens (tertiary/aromatic N) is 1. The van der Waals surface area contributed by atoms with Gasteiger partial charge >= 0.3 is 0 Å². The summed E-state index contributed by atoms with van der Waals surface area (Å²) in [5.41, 5.74) is 1.60. The highest BCUT2D eigenvalue weighted by atomic mass is 32.2. The maximum Gasteiger partial charge on any atom is 0.266 e. The van der Waals surface area contributed by atoms with Gasteiger partial charge in [0.1, 0.15) is 4.32 Å². The molecular formula is C25H20N2O4S2. The molecule has 0 atom stereocenters. The largest absolute Gasteiger partial charge is 0.454 e. The molecule has 0 aliphatic carbocycles. The van der Waals surface area contributed by atoms with Gasteiger partial charge in [-0.1, -0.05) is 60.4 Å². The van der Waals surface area contributed by atoms with Crippen molar-refractivity contribution >= 4 is 62.7 Å². The van der Waals surface area contributed by atoms with E-state index in [9.17, 15) is 9.59 Å². The Kier molecular flexibility index (Phi) is 6.02. The Balaban J connectivity index is 1.16. The van der Waals surface area contributed by atoms with E-state index in [0.29, 0.717) is 40.1 Å². The number of thioether (sulfide) groups is 1. The Hall–Kier alpha value is -3.36. The van der Waals surface area contributed by atoms with Crippen LogP contribution in [-0.2, 0) is 9.59 Å². The molecule has 33 heavy (non-hydrogen) atoms. The normalized spacial score (nSPS) is 16.1. The first-order chi connectivity index (χ1) is 16.1. The Morgan fingerprint density at radius 1 is 1.06 bits per heavy atom. The van der Waals surface area contributed by atoms with Crippen LogP contribution in [0.25, 0.3) is 16.8 Å². The molecule has 3 aromatic carbocycles. The summed E-state index contributed by atoms with van der Waals surface area (Å²) in [4.78, 5) is 27.3. The lowest BCUT2D eigenvalue weighted by Crippen LogP contribution is -2.29. The third-order valence-corrected chi connectivity index (χ3v) is 6.76. The van der Waals surface area contributed by atoms with Gasteiger partial charge in [-0.25, -0.2) is 0 Å². The standard InChI is InChI=1S/C25H20N2O4S2/c28-23(26-19-9-8-17-4-1-2-5-18(17)14-19)6-3-11-27-24(29)22(33-25(27)32)13-16-7-10-20-21(12-16)31-15-30-20/h1-2,4-5,7-10,12-14H,3,6,11,15H2,(H,26,28)/b22-13-. The van der Waals surface area contributed by atoms with E-state index in [2.05, 4.69) is 5.32 Å². The van der Waals surface area contributed by atoms with Crippen molar-refractivity contribution in [3.63, 3.8) is 0 Å². The van der Waals surface area contributed by atoms with Gasteiger partial charge in [0.15, 0.2) is 11.5 Å². The minimum Gasteiger partial charge on any atom is -0.454 e. The average Bonchev–Trinajstić information content (AvgIpc) is 3.38. The summed E-state index contributed by atoms with van der Waals surface area (Å²) in [6.07, 6.45) is 2.61. The second kappa shape index (κ2) is 9.25. The van der Waals surface area contributed by atoms with Gasteiger partial charge < -0.3 is 14.8 Å². The fourth-order valence-electron chi connectivity index (χ4n) is 3.74. The molecule has 1 N–H and O–H groups in total. The van der Waals surface area contributed by atoms with Crippen LogP contribution in [-0.4, -0.2) is 34.4 Å². The lowest BCUT2D eigenvalue weighted by molar-refractivity contribution is -0.122. The van der Waals surface area contributed by atoms with E-state index in [0.717, 1.165) is 22.0 Å². The third kappa shape index (κ3) is 4.72. The number of nitrogens with one attached hydrogen (secondary N) is 1. The zero-order valence-corrected chi connectivity index (χ0v) is 19.2. The van der Waals surface area contributed by atoms with Crippen LogP contribution in [0.5, 0.6) is 11.5 Å². The van der Waals surface area contributed by atoms with Crippen molar-refractivity contribution in [2.24, 2.45) is 0 Å². The number of ether oxygens (including phenoxy) is 2. The Labute approximate surface area is 200 Å². The van der Waals surface area contributed by atoms with Crippen molar-refractivity contribution in [2.75, 3.05) is 18.7 Å². The molecule has 166 valence electrons. The summed E-state index contributed by atoms with van der Waals surface area (Å²) >= 11 is 6.67. The van der Waals surface area contributed by atoms with Crippen LogP contribution in [0.15, 0.2) is 65.6 Å². The average molecular weight is 477 g/mol. The van der Waals surface area contributed by atoms with Gasteiger partial charge in [0, 0.05) is 18.7 Å². The molecule has 0 radical (unpaired) electrons. The smallest absolute Gasteiger partial charge is 0.266 e. The van der Waals surface area contributed by atoms with Crippen molar-refractivity contribution in [3.8, 4) is 11.5 Å². The summed E-state index contributed by atoms with van der Waals surface area (Å²) in [5.74, 6) is 1.13. The lowest BCUT2D eigenvalue weighted by Gasteiger charge is -2.14. The van der Waals surface area contributed by atoms with Crippen molar-refractivity contribution in [1.82, 2.24) is 4.90 Å². The monoisotopic (exact) mass is 476 g/mol. The van der Waals surface area contributed by atoms with Crippen LogP contribution < -0.4 is 14.8 Å². The summed E-state index contributed by atoms with van der Waals surface area (Å²) in [6, 6.07) is 19.4. The molecule has 5 rings (SSSR count). The highest BCUT2D eigenvalue weighted by Crippen LogP contribution is 2.36. The second-order valence-electron chi connectivity index (χ2n) is 7.66. The predicted molar refractivity (Wildman–Crippen MR) is 134 cm³/mol. The third-order valence-electron chi connectivity index (χ3n) is 5.39. The fraction of sp³-hybridized carbons (Fsp3) is 0.160. The molecule has 0 unspecified atom stereocenters.